The minimum Gasteiger partial charge on any atom is -0.330 e. The van der Waals surface area contributed by atoms with Crippen molar-refractivity contribution < 1.29 is 0 Å². The lowest BCUT2D eigenvalue weighted by Crippen LogP contribution is -2.41. The molecule has 3 heteroatoms. The number of nitrogens with zero attached hydrogens (tertiary/aromatic N) is 2. The van der Waals surface area contributed by atoms with E-state index in [1.165, 1.54) is 24.8 Å². The Morgan fingerprint density at radius 2 is 1.94 bits per heavy atom. The van der Waals surface area contributed by atoms with Crippen molar-refractivity contribution in [3.05, 3.63) is 47.8 Å². The number of aryl methyl sites for hydroxylation is 1. The second-order valence-electron chi connectivity index (χ2n) is 5.27. The lowest BCUT2D eigenvalue weighted by molar-refractivity contribution is 0.253. The third-order valence-corrected chi connectivity index (χ3v) is 4.26. The summed E-state index contributed by atoms with van der Waals surface area (Å²) in [4.78, 5) is 0. The second kappa shape index (κ2) is 4.25. The van der Waals surface area contributed by atoms with Gasteiger partial charge in [-0.3, -0.25) is 0 Å². The molecule has 0 unspecified atom stereocenters. The van der Waals surface area contributed by atoms with E-state index in [2.05, 4.69) is 36.3 Å². The van der Waals surface area contributed by atoms with Gasteiger partial charge in [0.05, 0.1) is 5.69 Å². The van der Waals surface area contributed by atoms with E-state index in [4.69, 9.17) is 5.73 Å². The zero-order chi connectivity index (χ0) is 12.6. The predicted octanol–water partition coefficient (Wildman–Crippen LogP) is 2.56. The van der Waals surface area contributed by atoms with Crippen LogP contribution in [0, 0.1) is 6.92 Å². The molecule has 0 saturated heterocycles. The molecule has 1 fully saturated rings. The van der Waals surface area contributed by atoms with Crippen molar-refractivity contribution in [1.82, 2.24) is 9.78 Å². The van der Waals surface area contributed by atoms with Crippen LogP contribution in [-0.4, -0.2) is 16.3 Å². The molecule has 0 aliphatic heterocycles. The highest BCUT2D eigenvalue weighted by Gasteiger charge is 2.37. The minimum absolute atomic E-state index is 0.248. The lowest BCUT2D eigenvalue weighted by atomic mass is 9.64. The highest BCUT2D eigenvalue weighted by atomic mass is 15.3. The molecule has 1 saturated carbocycles. The Labute approximate surface area is 108 Å². The van der Waals surface area contributed by atoms with Crippen LogP contribution in [0.15, 0.2) is 36.5 Å². The molecule has 2 N–H and O–H groups in total. The van der Waals surface area contributed by atoms with Crippen LogP contribution in [0.1, 0.15) is 30.5 Å². The van der Waals surface area contributed by atoms with Crippen molar-refractivity contribution in [2.24, 2.45) is 5.73 Å². The van der Waals surface area contributed by atoms with Gasteiger partial charge in [-0.25, -0.2) is 4.68 Å². The third-order valence-electron chi connectivity index (χ3n) is 4.26. The van der Waals surface area contributed by atoms with Crippen LogP contribution in [0.4, 0.5) is 0 Å². The van der Waals surface area contributed by atoms with Gasteiger partial charge in [-0.05, 0) is 43.5 Å². The molecule has 0 spiro atoms. The molecule has 2 aromatic rings. The summed E-state index contributed by atoms with van der Waals surface area (Å²) in [6.07, 6.45) is 5.58. The first-order valence-electron chi connectivity index (χ1n) is 6.57. The average molecular weight is 241 g/mol. The molecule has 1 aromatic carbocycles. The van der Waals surface area contributed by atoms with Gasteiger partial charge in [0.15, 0.2) is 0 Å². The average Bonchev–Trinajstić information content (AvgIpc) is 2.76. The van der Waals surface area contributed by atoms with Crippen molar-refractivity contribution in [2.45, 2.75) is 31.6 Å². The topological polar surface area (TPSA) is 43.8 Å². The van der Waals surface area contributed by atoms with Gasteiger partial charge in [-0.1, -0.05) is 18.6 Å². The van der Waals surface area contributed by atoms with E-state index in [0.29, 0.717) is 0 Å². The fourth-order valence-corrected chi connectivity index (χ4v) is 2.81. The normalized spacial score (nSPS) is 17.4. The van der Waals surface area contributed by atoms with Crippen molar-refractivity contribution in [3.8, 4) is 5.69 Å². The van der Waals surface area contributed by atoms with Gasteiger partial charge in [0.2, 0.25) is 0 Å². The number of benzene rings is 1. The maximum atomic E-state index is 5.94. The first-order chi connectivity index (χ1) is 8.75. The molecule has 18 heavy (non-hydrogen) atoms. The van der Waals surface area contributed by atoms with Crippen LogP contribution < -0.4 is 5.73 Å². The molecule has 3 rings (SSSR count). The van der Waals surface area contributed by atoms with E-state index < -0.39 is 0 Å². The summed E-state index contributed by atoms with van der Waals surface area (Å²) in [5, 5.41) is 4.32. The van der Waals surface area contributed by atoms with Gasteiger partial charge in [0.25, 0.3) is 0 Å². The van der Waals surface area contributed by atoms with Gasteiger partial charge < -0.3 is 5.73 Å². The summed E-state index contributed by atoms with van der Waals surface area (Å²) in [5.74, 6) is 0. The predicted molar refractivity (Wildman–Crippen MR) is 72.9 cm³/mol. The SMILES string of the molecule is Cc1ccnn1-c1ccc(C2(CN)CCC2)cc1. The molecule has 0 atom stereocenters. The van der Waals surface area contributed by atoms with E-state index in [-0.39, 0.29) is 5.41 Å². The Morgan fingerprint density at radius 3 is 2.39 bits per heavy atom. The van der Waals surface area contributed by atoms with Crippen molar-refractivity contribution >= 4 is 0 Å². The summed E-state index contributed by atoms with van der Waals surface area (Å²) in [6.45, 7) is 2.82. The van der Waals surface area contributed by atoms with Crippen LogP contribution >= 0.6 is 0 Å². The largest absolute Gasteiger partial charge is 0.330 e. The van der Waals surface area contributed by atoms with Gasteiger partial charge >= 0.3 is 0 Å². The monoisotopic (exact) mass is 241 g/mol. The van der Waals surface area contributed by atoms with Gasteiger partial charge in [-0.15, -0.1) is 0 Å². The Balaban J connectivity index is 1.92. The smallest absolute Gasteiger partial charge is 0.0648 e. The summed E-state index contributed by atoms with van der Waals surface area (Å²) in [6, 6.07) is 10.7. The number of nitrogens with two attached hydrogens (primary N) is 1. The standard InChI is InChI=1S/C15H19N3/c1-12-7-10-17-18(12)14-5-3-13(4-6-14)15(11-16)8-2-9-15/h3-7,10H,2,8-9,11,16H2,1H3. The number of hydrogen-bond donors (Lipinski definition) is 1. The van der Waals surface area contributed by atoms with E-state index in [9.17, 15) is 0 Å². The molecule has 1 aromatic heterocycles. The lowest BCUT2D eigenvalue weighted by Gasteiger charge is -2.41. The molecular formula is C15H19N3. The number of aromatic nitrogens is 2. The molecule has 0 bridgehead atoms. The molecule has 1 aliphatic rings. The van der Waals surface area contributed by atoms with E-state index in [1.807, 2.05) is 16.9 Å². The highest BCUT2D eigenvalue weighted by Crippen LogP contribution is 2.42. The molecular weight excluding hydrogens is 222 g/mol. The summed E-state index contributed by atoms with van der Waals surface area (Å²) >= 11 is 0. The van der Waals surface area contributed by atoms with Crippen molar-refractivity contribution in [1.29, 1.82) is 0 Å². The summed E-state index contributed by atoms with van der Waals surface area (Å²) < 4.78 is 1.96. The first-order valence-corrected chi connectivity index (χ1v) is 6.57. The van der Waals surface area contributed by atoms with E-state index in [1.54, 1.807) is 0 Å². The second-order valence-corrected chi connectivity index (χ2v) is 5.27. The number of rotatable bonds is 3. The Hall–Kier alpha value is -1.61. The minimum atomic E-state index is 0.248. The van der Waals surface area contributed by atoms with Crippen LogP contribution in [-0.2, 0) is 5.41 Å². The van der Waals surface area contributed by atoms with Crippen molar-refractivity contribution in [3.63, 3.8) is 0 Å². The van der Waals surface area contributed by atoms with Crippen LogP contribution in [0.25, 0.3) is 5.69 Å². The van der Waals surface area contributed by atoms with Crippen LogP contribution in [0.3, 0.4) is 0 Å². The van der Waals surface area contributed by atoms with Gasteiger partial charge in [-0.2, -0.15) is 5.10 Å². The quantitative estimate of drug-likeness (QED) is 0.897. The molecule has 94 valence electrons. The Morgan fingerprint density at radius 1 is 1.22 bits per heavy atom. The van der Waals surface area contributed by atoms with Gasteiger partial charge in [0, 0.05) is 23.9 Å². The number of hydrogen-bond acceptors (Lipinski definition) is 2. The van der Waals surface area contributed by atoms with Gasteiger partial charge in [0.1, 0.15) is 0 Å². The summed E-state index contributed by atoms with van der Waals surface area (Å²) in [7, 11) is 0. The summed E-state index contributed by atoms with van der Waals surface area (Å²) in [5.41, 5.74) is 9.84. The molecule has 3 nitrogen and oxygen atoms in total. The fourth-order valence-electron chi connectivity index (χ4n) is 2.81. The maximum absolute atomic E-state index is 5.94. The maximum Gasteiger partial charge on any atom is 0.0648 e. The zero-order valence-electron chi connectivity index (χ0n) is 10.8. The van der Waals surface area contributed by atoms with Crippen LogP contribution in [0.5, 0.6) is 0 Å². The molecule has 1 aliphatic carbocycles. The fraction of sp³-hybridized carbons (Fsp3) is 0.400. The zero-order valence-corrected chi connectivity index (χ0v) is 10.8. The molecule has 0 amide bonds. The molecule has 0 radical (unpaired) electrons. The highest BCUT2D eigenvalue weighted by molar-refractivity contribution is 5.39. The van der Waals surface area contributed by atoms with E-state index in [0.717, 1.165) is 17.9 Å². The Bertz CT molecular complexity index is 530. The Kier molecular flexibility index (Phi) is 2.71. The van der Waals surface area contributed by atoms with Crippen molar-refractivity contribution in [2.75, 3.05) is 6.54 Å². The molecule has 1 heterocycles. The first kappa shape index (κ1) is 11.5. The van der Waals surface area contributed by atoms with E-state index >= 15 is 0 Å². The van der Waals surface area contributed by atoms with Crippen LogP contribution in [0.2, 0.25) is 0 Å². The third kappa shape index (κ3) is 1.66.